The van der Waals surface area contributed by atoms with Gasteiger partial charge in [0.15, 0.2) is 0 Å². The maximum absolute atomic E-state index is 13.6. The summed E-state index contributed by atoms with van der Waals surface area (Å²) >= 11 is 0. The average Bonchev–Trinajstić information content (AvgIpc) is 3.41. The molecule has 0 amide bonds. The van der Waals surface area contributed by atoms with Crippen LogP contribution in [0.4, 0.5) is 0 Å². The van der Waals surface area contributed by atoms with Gasteiger partial charge in [-0.05, 0) is 48.8 Å². The zero-order valence-electron chi connectivity index (χ0n) is 20.9. The van der Waals surface area contributed by atoms with Gasteiger partial charge in [-0.15, -0.1) is 0 Å². The van der Waals surface area contributed by atoms with E-state index < -0.39 is 67.4 Å². The van der Waals surface area contributed by atoms with E-state index in [0.29, 0.717) is 17.5 Å². The minimum atomic E-state index is -4.78. The summed E-state index contributed by atoms with van der Waals surface area (Å²) in [5.41, 5.74) is 0.873. The number of fused-ring (bicyclic) bond motifs is 1. The smallest absolute Gasteiger partial charge is 0.316 e. The molecule has 0 radical (unpaired) electrons. The van der Waals surface area contributed by atoms with Crippen molar-refractivity contribution in [2.45, 2.75) is 93.5 Å². The van der Waals surface area contributed by atoms with E-state index in [1.165, 1.54) is 19.1 Å². The first-order chi connectivity index (χ1) is 17.3. The lowest BCUT2D eigenvalue weighted by Gasteiger charge is -2.32. The van der Waals surface area contributed by atoms with Gasteiger partial charge in [0.1, 0.15) is 33.3 Å². The number of hydrogen-bond acceptors (Lipinski definition) is 10. The molecule has 1 saturated heterocycles. The quantitative estimate of drug-likeness (QED) is 0.221. The van der Waals surface area contributed by atoms with E-state index in [9.17, 15) is 31.0 Å². The Morgan fingerprint density at radius 2 is 1.78 bits per heavy atom. The first-order valence-corrected chi connectivity index (χ1v) is 15.6. The van der Waals surface area contributed by atoms with Gasteiger partial charge in [0.05, 0.1) is 10.8 Å². The standard InChI is InChI=1S/C25H32O10S2/c1-12(2)19-17(9-10-18(36(28,29)30)20(19)14-7-5-4-6-8-14)34-25(27)21-15-11-16-23(22(15)33-13(3)26)35-37(31,32)24(16)21/h9-10,12,14-16,21-24H,4-8,11H2,1-3H3,(H,28,29,30)/p-1. The summed E-state index contributed by atoms with van der Waals surface area (Å²) in [5, 5.41) is -1.09. The number of esters is 2. The van der Waals surface area contributed by atoms with Crippen LogP contribution in [0.15, 0.2) is 17.0 Å². The number of carbonyl (C=O) groups is 2. The summed E-state index contributed by atoms with van der Waals surface area (Å²) in [6, 6.07) is 2.50. The minimum absolute atomic E-state index is 0.118. The van der Waals surface area contributed by atoms with E-state index in [1.807, 2.05) is 13.8 Å². The Hall–Kier alpha value is -2.02. The van der Waals surface area contributed by atoms with E-state index in [2.05, 4.69) is 0 Å². The van der Waals surface area contributed by atoms with Gasteiger partial charge in [0, 0.05) is 24.3 Å². The van der Waals surface area contributed by atoms with E-state index in [4.69, 9.17) is 13.7 Å². The molecule has 1 aromatic carbocycles. The summed E-state index contributed by atoms with van der Waals surface area (Å²) in [4.78, 5) is 25.0. The topological polar surface area (TPSA) is 153 Å². The van der Waals surface area contributed by atoms with Crippen molar-refractivity contribution >= 4 is 32.2 Å². The zero-order chi connectivity index (χ0) is 26.9. The van der Waals surface area contributed by atoms with Crippen LogP contribution < -0.4 is 4.74 Å². The maximum atomic E-state index is 13.6. The van der Waals surface area contributed by atoms with Gasteiger partial charge in [-0.3, -0.25) is 13.8 Å². The van der Waals surface area contributed by atoms with Crippen molar-refractivity contribution in [2.24, 2.45) is 17.8 Å². The molecule has 12 heteroatoms. The average molecular weight is 556 g/mol. The Morgan fingerprint density at radius 1 is 1.11 bits per heavy atom. The third-order valence-electron chi connectivity index (χ3n) is 8.38. The Bertz CT molecular complexity index is 1330. The summed E-state index contributed by atoms with van der Waals surface area (Å²) < 4.78 is 78.7. The lowest BCUT2D eigenvalue weighted by molar-refractivity contribution is -0.158. The fourth-order valence-corrected chi connectivity index (χ4v) is 9.97. The molecule has 1 aliphatic heterocycles. The van der Waals surface area contributed by atoms with Crippen molar-refractivity contribution in [3.8, 4) is 5.75 Å². The van der Waals surface area contributed by atoms with Gasteiger partial charge in [-0.25, -0.2) is 8.42 Å². The molecular formula is C25H31O10S2-. The summed E-state index contributed by atoms with van der Waals surface area (Å²) in [5.74, 6) is -3.87. The van der Waals surface area contributed by atoms with Crippen LogP contribution in [0, 0.1) is 17.8 Å². The maximum Gasteiger partial charge on any atom is 0.316 e. The van der Waals surface area contributed by atoms with Crippen LogP contribution in [0.3, 0.4) is 0 Å². The van der Waals surface area contributed by atoms with E-state index in [1.54, 1.807) is 0 Å². The van der Waals surface area contributed by atoms with Crippen LogP contribution >= 0.6 is 0 Å². The fraction of sp³-hybridized carbons (Fsp3) is 0.680. The van der Waals surface area contributed by atoms with Crippen LogP contribution in [0.5, 0.6) is 5.75 Å². The molecule has 0 spiro atoms. The first-order valence-electron chi connectivity index (χ1n) is 12.7. The largest absolute Gasteiger partial charge is 0.744 e. The highest BCUT2D eigenvalue weighted by molar-refractivity contribution is 7.87. The molecule has 37 heavy (non-hydrogen) atoms. The van der Waals surface area contributed by atoms with Crippen LogP contribution in [-0.4, -0.2) is 50.8 Å². The number of ether oxygens (including phenoxy) is 2. The molecule has 5 rings (SSSR count). The highest BCUT2D eigenvalue weighted by Gasteiger charge is 2.72. The summed E-state index contributed by atoms with van der Waals surface area (Å²) in [6.45, 7) is 4.87. The second-order valence-corrected chi connectivity index (χ2v) is 14.0. The number of carbonyl (C=O) groups excluding carboxylic acids is 2. The minimum Gasteiger partial charge on any atom is -0.744 e. The van der Waals surface area contributed by atoms with E-state index in [-0.39, 0.29) is 22.5 Å². The third-order valence-corrected chi connectivity index (χ3v) is 11.1. The Morgan fingerprint density at radius 3 is 2.38 bits per heavy atom. The van der Waals surface area contributed by atoms with Gasteiger partial charge < -0.3 is 14.0 Å². The molecule has 6 unspecified atom stereocenters. The molecule has 0 N–H and O–H groups in total. The van der Waals surface area contributed by atoms with E-state index in [0.717, 1.165) is 32.1 Å². The Labute approximate surface area is 216 Å². The molecule has 4 fully saturated rings. The molecule has 3 aliphatic carbocycles. The molecule has 0 aromatic heterocycles. The lowest BCUT2D eigenvalue weighted by atomic mass is 9.79. The van der Waals surface area contributed by atoms with Gasteiger partial charge in [0.2, 0.25) is 0 Å². The lowest BCUT2D eigenvalue weighted by Crippen LogP contribution is -2.46. The molecule has 204 valence electrons. The fourth-order valence-electron chi connectivity index (χ4n) is 7.13. The van der Waals surface area contributed by atoms with Gasteiger partial charge >= 0.3 is 11.9 Å². The molecule has 4 aliphatic rings. The molecule has 10 nitrogen and oxygen atoms in total. The van der Waals surface area contributed by atoms with Gasteiger partial charge in [-0.1, -0.05) is 33.1 Å². The Kier molecular flexibility index (Phi) is 6.69. The van der Waals surface area contributed by atoms with Crippen molar-refractivity contribution in [3.63, 3.8) is 0 Å². The normalized spacial score (nSPS) is 32.6. The molecule has 1 aromatic rings. The predicted octanol–water partition coefficient (Wildman–Crippen LogP) is 2.96. The third kappa shape index (κ3) is 4.49. The monoisotopic (exact) mass is 555 g/mol. The second kappa shape index (κ2) is 9.32. The highest BCUT2D eigenvalue weighted by Crippen LogP contribution is 2.59. The molecule has 6 atom stereocenters. The van der Waals surface area contributed by atoms with Crippen LogP contribution in [-0.2, 0) is 38.7 Å². The SMILES string of the molecule is CC(=O)OC1C2CC3C1OS(=O)(=O)C3C2C(=O)Oc1ccc(S(=O)(=O)[O-])c(C2CCCCC2)c1C(C)C. The Balaban J connectivity index is 1.54. The molecule has 3 saturated carbocycles. The first kappa shape index (κ1) is 26.6. The molecule has 2 bridgehead atoms. The van der Waals surface area contributed by atoms with Crippen LogP contribution in [0.1, 0.15) is 82.3 Å². The second-order valence-electron chi connectivity index (χ2n) is 10.9. The van der Waals surface area contributed by atoms with Crippen LogP contribution in [0.2, 0.25) is 0 Å². The van der Waals surface area contributed by atoms with Gasteiger partial charge in [-0.2, -0.15) is 8.42 Å². The van der Waals surface area contributed by atoms with Crippen LogP contribution in [0.25, 0.3) is 0 Å². The number of rotatable bonds is 6. The van der Waals surface area contributed by atoms with Gasteiger partial charge in [0.25, 0.3) is 10.1 Å². The van der Waals surface area contributed by atoms with Crippen molar-refractivity contribution in [1.29, 1.82) is 0 Å². The van der Waals surface area contributed by atoms with Crippen molar-refractivity contribution < 1.29 is 44.6 Å². The van der Waals surface area contributed by atoms with Crippen molar-refractivity contribution in [3.05, 3.63) is 23.3 Å². The highest BCUT2D eigenvalue weighted by atomic mass is 32.2. The number of benzene rings is 1. The van der Waals surface area contributed by atoms with Crippen molar-refractivity contribution in [2.75, 3.05) is 0 Å². The predicted molar refractivity (Wildman–Crippen MR) is 128 cm³/mol. The molecular weight excluding hydrogens is 524 g/mol. The van der Waals surface area contributed by atoms with E-state index >= 15 is 0 Å². The zero-order valence-corrected chi connectivity index (χ0v) is 22.5. The number of hydrogen-bond donors (Lipinski definition) is 0. The van der Waals surface area contributed by atoms with Crippen molar-refractivity contribution in [1.82, 2.24) is 0 Å². The summed E-state index contributed by atoms with van der Waals surface area (Å²) in [7, 11) is -8.86. The molecule has 1 heterocycles. The summed E-state index contributed by atoms with van der Waals surface area (Å²) in [6.07, 6.45) is 2.92.